The fourth-order valence-electron chi connectivity index (χ4n) is 3.28. The summed E-state index contributed by atoms with van der Waals surface area (Å²) < 4.78 is 13.0. The van der Waals surface area contributed by atoms with E-state index in [1.807, 2.05) is 6.92 Å². The highest BCUT2D eigenvalue weighted by molar-refractivity contribution is 5.78. The quantitative estimate of drug-likeness (QED) is 0.806. The molecule has 3 rings (SSSR count). The van der Waals surface area contributed by atoms with Crippen LogP contribution in [0.15, 0.2) is 24.3 Å². The van der Waals surface area contributed by atoms with E-state index in [1.54, 1.807) is 12.1 Å². The van der Waals surface area contributed by atoms with Crippen LogP contribution >= 0.6 is 0 Å². The van der Waals surface area contributed by atoms with Crippen LogP contribution in [-0.4, -0.2) is 43.0 Å². The van der Waals surface area contributed by atoms with E-state index in [0.29, 0.717) is 12.6 Å². The van der Waals surface area contributed by atoms with E-state index >= 15 is 0 Å². The van der Waals surface area contributed by atoms with Gasteiger partial charge in [-0.05, 0) is 62.8 Å². The molecule has 2 N–H and O–H groups in total. The topological polar surface area (TPSA) is 44.4 Å². The molecule has 2 fully saturated rings. The molecular weight excluding hydrogens is 305 g/mol. The van der Waals surface area contributed by atoms with Crippen LogP contribution in [0.4, 0.5) is 4.39 Å². The molecule has 0 radical (unpaired) electrons. The third kappa shape index (κ3) is 5.28. The molecule has 5 heteroatoms. The lowest BCUT2D eigenvalue weighted by molar-refractivity contribution is -0.123. The molecule has 0 aromatic heterocycles. The summed E-state index contributed by atoms with van der Waals surface area (Å²) in [5.74, 6) is 0.702. The SMILES string of the molecule is CC(NC(=O)CN1CCC(NCC2CC2)CC1)c1ccc(F)cc1. The molecule has 2 aliphatic rings. The van der Waals surface area contributed by atoms with Crippen molar-refractivity contribution in [3.8, 4) is 0 Å². The third-order valence-electron chi connectivity index (χ3n) is 5.09. The van der Waals surface area contributed by atoms with Crippen LogP contribution in [-0.2, 0) is 4.79 Å². The van der Waals surface area contributed by atoms with Crippen molar-refractivity contribution < 1.29 is 9.18 Å². The molecule has 0 spiro atoms. The smallest absolute Gasteiger partial charge is 0.234 e. The highest BCUT2D eigenvalue weighted by Gasteiger charge is 2.25. The van der Waals surface area contributed by atoms with Gasteiger partial charge in [-0.2, -0.15) is 0 Å². The monoisotopic (exact) mass is 333 g/mol. The number of rotatable bonds is 7. The van der Waals surface area contributed by atoms with Crippen LogP contribution in [0.2, 0.25) is 0 Å². The van der Waals surface area contributed by atoms with E-state index in [1.165, 1.54) is 31.5 Å². The number of amides is 1. The van der Waals surface area contributed by atoms with Gasteiger partial charge in [-0.3, -0.25) is 9.69 Å². The summed E-state index contributed by atoms with van der Waals surface area (Å²) >= 11 is 0. The Bertz CT molecular complexity index is 536. The van der Waals surface area contributed by atoms with E-state index in [-0.39, 0.29) is 17.8 Å². The Hall–Kier alpha value is -1.46. The summed E-state index contributed by atoms with van der Waals surface area (Å²) in [5.41, 5.74) is 0.924. The second kappa shape index (κ2) is 8.08. The van der Waals surface area contributed by atoms with Crippen molar-refractivity contribution in [2.24, 2.45) is 5.92 Å². The zero-order valence-electron chi connectivity index (χ0n) is 14.4. The summed E-state index contributed by atoms with van der Waals surface area (Å²) in [6.45, 7) is 5.49. The average Bonchev–Trinajstić information content (AvgIpc) is 3.39. The van der Waals surface area contributed by atoms with Crippen LogP contribution in [0, 0.1) is 11.7 Å². The first kappa shape index (κ1) is 17.4. The van der Waals surface area contributed by atoms with Crippen molar-refractivity contribution in [1.29, 1.82) is 0 Å². The van der Waals surface area contributed by atoms with Crippen molar-refractivity contribution in [2.45, 2.75) is 44.7 Å². The zero-order chi connectivity index (χ0) is 16.9. The van der Waals surface area contributed by atoms with Crippen molar-refractivity contribution in [3.63, 3.8) is 0 Å². The minimum Gasteiger partial charge on any atom is -0.348 e. The maximum Gasteiger partial charge on any atom is 0.234 e. The van der Waals surface area contributed by atoms with Gasteiger partial charge in [-0.15, -0.1) is 0 Å². The highest BCUT2D eigenvalue weighted by Crippen LogP contribution is 2.28. The lowest BCUT2D eigenvalue weighted by Crippen LogP contribution is -2.46. The van der Waals surface area contributed by atoms with E-state index in [9.17, 15) is 9.18 Å². The van der Waals surface area contributed by atoms with Crippen LogP contribution in [0.3, 0.4) is 0 Å². The number of carbonyl (C=O) groups excluding carboxylic acids is 1. The average molecular weight is 333 g/mol. The van der Waals surface area contributed by atoms with Gasteiger partial charge in [0.2, 0.25) is 5.91 Å². The lowest BCUT2D eigenvalue weighted by atomic mass is 10.0. The minimum atomic E-state index is -0.254. The number of nitrogens with one attached hydrogen (secondary N) is 2. The van der Waals surface area contributed by atoms with Crippen molar-refractivity contribution in [2.75, 3.05) is 26.2 Å². The Morgan fingerprint density at radius 1 is 1.21 bits per heavy atom. The highest BCUT2D eigenvalue weighted by atomic mass is 19.1. The van der Waals surface area contributed by atoms with E-state index in [4.69, 9.17) is 0 Å². The number of piperidine rings is 1. The Balaban J connectivity index is 1.36. The molecule has 132 valence electrons. The second-order valence-corrected chi connectivity index (χ2v) is 7.24. The van der Waals surface area contributed by atoms with E-state index < -0.39 is 0 Å². The molecule has 0 bridgehead atoms. The molecule has 1 saturated heterocycles. The number of carbonyl (C=O) groups is 1. The van der Waals surface area contributed by atoms with Crippen LogP contribution < -0.4 is 10.6 Å². The van der Waals surface area contributed by atoms with E-state index in [2.05, 4.69) is 15.5 Å². The van der Waals surface area contributed by atoms with Crippen molar-refractivity contribution >= 4 is 5.91 Å². The summed E-state index contributed by atoms with van der Waals surface area (Å²) in [5, 5.41) is 6.66. The molecule has 24 heavy (non-hydrogen) atoms. The van der Waals surface area contributed by atoms with Crippen LogP contribution in [0.5, 0.6) is 0 Å². The second-order valence-electron chi connectivity index (χ2n) is 7.24. The van der Waals surface area contributed by atoms with Gasteiger partial charge in [0.15, 0.2) is 0 Å². The van der Waals surface area contributed by atoms with E-state index in [0.717, 1.165) is 37.4 Å². The lowest BCUT2D eigenvalue weighted by Gasteiger charge is -2.32. The number of hydrogen-bond acceptors (Lipinski definition) is 3. The summed E-state index contributed by atoms with van der Waals surface area (Å²) in [6, 6.07) is 6.81. The summed E-state index contributed by atoms with van der Waals surface area (Å²) in [6.07, 6.45) is 5.01. The van der Waals surface area contributed by atoms with Gasteiger partial charge in [0.05, 0.1) is 12.6 Å². The Kier molecular flexibility index (Phi) is 5.85. The molecule has 1 unspecified atom stereocenters. The predicted octanol–water partition coefficient (Wildman–Crippen LogP) is 2.47. The number of nitrogens with zero attached hydrogens (tertiary/aromatic N) is 1. The first-order chi connectivity index (χ1) is 11.6. The molecule has 1 aliphatic heterocycles. The van der Waals surface area contributed by atoms with Crippen LogP contribution in [0.1, 0.15) is 44.2 Å². The first-order valence-electron chi connectivity index (χ1n) is 9.10. The zero-order valence-corrected chi connectivity index (χ0v) is 14.4. The van der Waals surface area contributed by atoms with Gasteiger partial charge in [0, 0.05) is 19.1 Å². The molecule has 4 nitrogen and oxygen atoms in total. The molecule has 1 amide bonds. The molecule has 1 aromatic rings. The first-order valence-corrected chi connectivity index (χ1v) is 9.10. The van der Waals surface area contributed by atoms with Gasteiger partial charge in [-0.25, -0.2) is 4.39 Å². The largest absolute Gasteiger partial charge is 0.348 e. The number of benzene rings is 1. The van der Waals surface area contributed by atoms with Crippen molar-refractivity contribution in [3.05, 3.63) is 35.6 Å². The Morgan fingerprint density at radius 2 is 1.88 bits per heavy atom. The van der Waals surface area contributed by atoms with Gasteiger partial charge in [0.25, 0.3) is 0 Å². The summed E-state index contributed by atoms with van der Waals surface area (Å²) in [7, 11) is 0. The maximum absolute atomic E-state index is 13.0. The van der Waals surface area contributed by atoms with Gasteiger partial charge in [-0.1, -0.05) is 12.1 Å². The van der Waals surface area contributed by atoms with Gasteiger partial charge < -0.3 is 10.6 Å². The number of hydrogen-bond donors (Lipinski definition) is 2. The number of halogens is 1. The molecular formula is C19H28FN3O. The fraction of sp³-hybridized carbons (Fsp3) is 0.632. The minimum absolute atomic E-state index is 0.0382. The molecule has 1 saturated carbocycles. The summed E-state index contributed by atoms with van der Waals surface area (Å²) in [4.78, 5) is 14.4. The number of likely N-dealkylation sites (tertiary alicyclic amines) is 1. The van der Waals surface area contributed by atoms with Gasteiger partial charge >= 0.3 is 0 Å². The Labute approximate surface area is 143 Å². The predicted molar refractivity (Wildman–Crippen MR) is 93.1 cm³/mol. The standard InChI is InChI=1S/C19H28FN3O/c1-14(16-4-6-17(20)7-5-16)22-19(24)13-23-10-8-18(9-11-23)21-12-15-2-3-15/h4-7,14-15,18,21H,2-3,8-13H2,1H3,(H,22,24). The Morgan fingerprint density at radius 3 is 2.50 bits per heavy atom. The fourth-order valence-corrected chi connectivity index (χ4v) is 3.28. The molecule has 1 atom stereocenters. The normalized spacial score (nSPS) is 20.8. The maximum atomic E-state index is 13.0. The molecule has 1 aromatic carbocycles. The van der Waals surface area contributed by atoms with Crippen molar-refractivity contribution in [1.82, 2.24) is 15.5 Å². The van der Waals surface area contributed by atoms with Gasteiger partial charge in [0.1, 0.15) is 5.82 Å². The third-order valence-corrected chi connectivity index (χ3v) is 5.09. The molecule has 1 heterocycles. The molecule has 1 aliphatic carbocycles. The van der Waals surface area contributed by atoms with Crippen LogP contribution in [0.25, 0.3) is 0 Å².